The molecule has 0 spiro atoms. The van der Waals surface area contributed by atoms with Crippen LogP contribution in [0.1, 0.15) is 37.7 Å². The fraction of sp³-hybridized carbons (Fsp3) is 0.393. The van der Waals surface area contributed by atoms with Crippen molar-refractivity contribution in [3.8, 4) is 11.6 Å². The van der Waals surface area contributed by atoms with Gasteiger partial charge in [0.25, 0.3) is 0 Å². The van der Waals surface area contributed by atoms with E-state index in [0.29, 0.717) is 36.7 Å². The first-order valence-electron chi connectivity index (χ1n) is 12.9. The summed E-state index contributed by atoms with van der Waals surface area (Å²) in [6, 6.07) is 19.6. The van der Waals surface area contributed by atoms with Gasteiger partial charge >= 0.3 is 0 Å². The second-order valence-corrected chi connectivity index (χ2v) is 10.4. The van der Waals surface area contributed by atoms with E-state index in [9.17, 15) is 0 Å². The first-order valence-corrected chi connectivity index (χ1v) is 13.6. The Morgan fingerprint density at radius 3 is 2.54 bits per heavy atom. The normalized spacial score (nSPS) is 17.2. The largest absolute Gasteiger partial charge is 0.439 e. The molecule has 194 valence electrons. The molecule has 2 saturated heterocycles. The highest BCUT2D eigenvalue weighted by Crippen LogP contribution is 2.35. The lowest BCUT2D eigenvalue weighted by molar-refractivity contribution is 0.0515. The van der Waals surface area contributed by atoms with E-state index in [0.717, 1.165) is 55.4 Å². The van der Waals surface area contributed by atoms with Gasteiger partial charge in [-0.2, -0.15) is 9.97 Å². The van der Waals surface area contributed by atoms with Gasteiger partial charge in [-0.1, -0.05) is 41.9 Å². The minimum Gasteiger partial charge on any atom is -0.439 e. The van der Waals surface area contributed by atoms with Crippen molar-refractivity contribution < 1.29 is 9.47 Å². The number of para-hydroxylation sites is 1. The van der Waals surface area contributed by atoms with Crippen molar-refractivity contribution in [1.29, 1.82) is 0 Å². The van der Waals surface area contributed by atoms with Crippen molar-refractivity contribution in [2.24, 2.45) is 0 Å². The van der Waals surface area contributed by atoms with Gasteiger partial charge in [0.05, 0.1) is 0 Å². The minimum absolute atomic E-state index is 0.118. The third kappa shape index (κ3) is 6.69. The molecular weight excluding hydrogens is 506 g/mol. The zero-order valence-electron chi connectivity index (χ0n) is 20.8. The summed E-state index contributed by atoms with van der Waals surface area (Å²) in [5.74, 6) is 2.45. The number of nitrogens with zero attached hydrogens (tertiary/aromatic N) is 3. The van der Waals surface area contributed by atoms with Gasteiger partial charge < -0.3 is 25.0 Å². The Morgan fingerprint density at radius 1 is 1.00 bits per heavy atom. The van der Waals surface area contributed by atoms with E-state index in [2.05, 4.69) is 26.6 Å². The molecule has 0 atom stereocenters. The highest BCUT2D eigenvalue weighted by atomic mass is 35.5. The first-order chi connectivity index (χ1) is 18.1. The van der Waals surface area contributed by atoms with Crippen LogP contribution >= 0.6 is 23.8 Å². The second kappa shape index (κ2) is 12.1. The van der Waals surface area contributed by atoms with Gasteiger partial charge in [-0.25, -0.2) is 0 Å². The molecule has 7 nitrogen and oxygen atoms in total. The summed E-state index contributed by atoms with van der Waals surface area (Å²) in [5.41, 5.74) is 1.08. The van der Waals surface area contributed by atoms with Crippen molar-refractivity contribution in [2.45, 2.75) is 37.5 Å². The predicted octanol–water partition coefficient (Wildman–Crippen LogP) is 5.95. The van der Waals surface area contributed by atoms with Gasteiger partial charge in [0.15, 0.2) is 5.11 Å². The SMILES string of the molecule is S=C(NCC1(c2cccc(Cl)c2)CCOCC1)Nc1nc(Oc2ccccc2)cc(N2CCCCC2)n1. The second-order valence-electron chi connectivity index (χ2n) is 9.56. The fourth-order valence-electron chi connectivity index (χ4n) is 4.96. The number of hydrogen-bond donors (Lipinski definition) is 2. The average molecular weight is 538 g/mol. The number of piperidine rings is 1. The van der Waals surface area contributed by atoms with E-state index >= 15 is 0 Å². The van der Waals surface area contributed by atoms with E-state index in [1.54, 1.807) is 0 Å². The van der Waals surface area contributed by atoms with Crippen LogP contribution in [0.15, 0.2) is 60.7 Å². The molecule has 5 rings (SSSR count). The topological polar surface area (TPSA) is 71.5 Å². The number of halogens is 1. The Labute approximate surface area is 228 Å². The maximum Gasteiger partial charge on any atom is 0.234 e. The summed E-state index contributed by atoms with van der Waals surface area (Å²) < 4.78 is 11.7. The first kappa shape index (κ1) is 25.7. The monoisotopic (exact) mass is 537 g/mol. The van der Waals surface area contributed by atoms with Gasteiger partial charge in [0.1, 0.15) is 11.6 Å². The van der Waals surface area contributed by atoms with Crippen LogP contribution in [0.4, 0.5) is 11.8 Å². The smallest absolute Gasteiger partial charge is 0.234 e. The lowest BCUT2D eigenvalue weighted by atomic mass is 9.74. The lowest BCUT2D eigenvalue weighted by Crippen LogP contribution is -2.45. The van der Waals surface area contributed by atoms with Crippen LogP contribution in [0, 0.1) is 0 Å². The van der Waals surface area contributed by atoms with E-state index in [4.69, 9.17) is 38.3 Å². The molecule has 2 N–H and O–H groups in total. The molecule has 0 radical (unpaired) electrons. The molecule has 37 heavy (non-hydrogen) atoms. The number of anilines is 2. The van der Waals surface area contributed by atoms with Crippen molar-refractivity contribution >= 4 is 40.7 Å². The third-order valence-electron chi connectivity index (χ3n) is 7.03. The number of hydrogen-bond acceptors (Lipinski definition) is 6. The molecule has 2 aliphatic rings. The molecule has 0 bridgehead atoms. The Balaban J connectivity index is 1.32. The van der Waals surface area contributed by atoms with Crippen LogP contribution < -0.4 is 20.3 Å². The molecule has 3 heterocycles. The standard InChI is InChI=1S/C28H32ClN5O2S/c29-22-9-7-8-21(18-22)28(12-16-35-17-13-28)20-30-27(37)33-26-31-24(34-14-5-2-6-15-34)19-25(32-26)36-23-10-3-1-4-11-23/h1,3-4,7-11,18-19H,2,5-6,12-17,20H2,(H2,30,31,32,33,37). The quantitative estimate of drug-likeness (QED) is 0.358. The fourth-order valence-corrected chi connectivity index (χ4v) is 5.31. The van der Waals surface area contributed by atoms with Crippen molar-refractivity contribution in [3.05, 3.63) is 71.2 Å². The van der Waals surface area contributed by atoms with E-state index in [1.807, 2.05) is 54.6 Å². The lowest BCUT2D eigenvalue weighted by Gasteiger charge is -2.38. The number of ether oxygens (including phenoxy) is 2. The molecule has 2 fully saturated rings. The molecule has 0 saturated carbocycles. The summed E-state index contributed by atoms with van der Waals surface area (Å²) in [5, 5.41) is 7.82. The van der Waals surface area contributed by atoms with Gasteiger partial charge in [-0.3, -0.25) is 0 Å². The average Bonchev–Trinajstić information content (AvgIpc) is 2.93. The highest BCUT2D eigenvalue weighted by molar-refractivity contribution is 7.80. The molecule has 2 aliphatic heterocycles. The molecule has 1 aromatic heterocycles. The van der Waals surface area contributed by atoms with Crippen molar-refractivity contribution in [1.82, 2.24) is 15.3 Å². The van der Waals surface area contributed by atoms with Gasteiger partial charge in [0.2, 0.25) is 11.8 Å². The molecule has 0 aliphatic carbocycles. The Bertz CT molecular complexity index is 1200. The molecular formula is C28H32ClN5O2S. The summed E-state index contributed by atoms with van der Waals surface area (Å²) in [7, 11) is 0. The van der Waals surface area contributed by atoms with Crippen molar-refractivity contribution in [3.63, 3.8) is 0 Å². The van der Waals surface area contributed by atoms with Crippen LogP contribution in [0.25, 0.3) is 0 Å². The van der Waals surface area contributed by atoms with Gasteiger partial charge in [-0.15, -0.1) is 0 Å². The van der Waals surface area contributed by atoms with Gasteiger partial charge in [-0.05, 0) is 74.2 Å². The molecule has 3 aromatic rings. The number of benzene rings is 2. The number of aromatic nitrogens is 2. The molecule has 0 unspecified atom stereocenters. The number of thiocarbonyl (C=S) groups is 1. The van der Waals surface area contributed by atoms with E-state index < -0.39 is 0 Å². The molecule has 0 amide bonds. The minimum atomic E-state index is -0.118. The van der Waals surface area contributed by atoms with Crippen LogP contribution in [0.2, 0.25) is 5.02 Å². The Kier molecular flexibility index (Phi) is 8.38. The van der Waals surface area contributed by atoms with Crippen LogP contribution in [0.5, 0.6) is 11.6 Å². The highest BCUT2D eigenvalue weighted by Gasteiger charge is 2.34. The Morgan fingerprint density at radius 2 is 1.78 bits per heavy atom. The maximum absolute atomic E-state index is 6.33. The number of nitrogens with one attached hydrogen (secondary N) is 2. The van der Waals surface area contributed by atoms with E-state index in [1.165, 1.54) is 12.0 Å². The van der Waals surface area contributed by atoms with Crippen molar-refractivity contribution in [2.75, 3.05) is 43.1 Å². The van der Waals surface area contributed by atoms with Gasteiger partial charge in [0, 0.05) is 49.4 Å². The molecule has 2 aromatic carbocycles. The third-order valence-corrected chi connectivity index (χ3v) is 7.52. The van der Waals surface area contributed by atoms with E-state index in [-0.39, 0.29) is 5.41 Å². The van der Waals surface area contributed by atoms with Crippen LogP contribution in [0.3, 0.4) is 0 Å². The maximum atomic E-state index is 6.33. The summed E-state index contributed by atoms with van der Waals surface area (Å²) >= 11 is 12.0. The summed E-state index contributed by atoms with van der Waals surface area (Å²) in [6.45, 7) is 4.00. The summed E-state index contributed by atoms with van der Waals surface area (Å²) in [4.78, 5) is 11.7. The summed E-state index contributed by atoms with van der Waals surface area (Å²) in [6.07, 6.45) is 5.32. The zero-order valence-corrected chi connectivity index (χ0v) is 22.4. The molecule has 9 heteroatoms. The number of rotatable bonds is 7. The van der Waals surface area contributed by atoms with Crippen LogP contribution in [-0.4, -0.2) is 47.9 Å². The Hall–Kier alpha value is -2.94. The predicted molar refractivity (Wildman–Crippen MR) is 152 cm³/mol. The van der Waals surface area contributed by atoms with Crippen LogP contribution in [-0.2, 0) is 10.2 Å². The zero-order chi connectivity index (χ0) is 25.5.